The van der Waals surface area contributed by atoms with E-state index in [9.17, 15) is 9.90 Å². The van der Waals surface area contributed by atoms with Gasteiger partial charge in [-0.25, -0.2) is 0 Å². The SMILES string of the molecule is CCN(CC)c1ccc(/C=C/C(N)=O)c(O)c1. The fourth-order valence-electron chi connectivity index (χ4n) is 1.63. The molecule has 0 aromatic heterocycles. The smallest absolute Gasteiger partial charge is 0.241 e. The molecule has 0 bridgehead atoms. The van der Waals surface area contributed by atoms with Crippen LogP contribution < -0.4 is 10.6 Å². The topological polar surface area (TPSA) is 66.6 Å². The monoisotopic (exact) mass is 234 g/mol. The Morgan fingerprint density at radius 1 is 1.41 bits per heavy atom. The first-order valence-electron chi connectivity index (χ1n) is 5.64. The molecule has 0 aliphatic carbocycles. The van der Waals surface area contributed by atoms with Crippen LogP contribution in [0.3, 0.4) is 0 Å². The lowest BCUT2D eigenvalue weighted by Gasteiger charge is -2.21. The summed E-state index contributed by atoms with van der Waals surface area (Å²) in [5.74, 6) is -0.385. The van der Waals surface area contributed by atoms with Gasteiger partial charge in [-0.1, -0.05) is 0 Å². The number of nitrogens with two attached hydrogens (primary N) is 1. The number of carbonyl (C=O) groups is 1. The molecule has 17 heavy (non-hydrogen) atoms. The van der Waals surface area contributed by atoms with Crippen LogP contribution in [-0.4, -0.2) is 24.1 Å². The molecule has 1 aromatic rings. The molecule has 0 unspecified atom stereocenters. The Morgan fingerprint density at radius 2 is 2.06 bits per heavy atom. The maximum absolute atomic E-state index is 10.6. The third-order valence-corrected chi connectivity index (χ3v) is 2.57. The van der Waals surface area contributed by atoms with Crippen LogP contribution in [-0.2, 0) is 4.79 Å². The van der Waals surface area contributed by atoms with Crippen LogP contribution in [0.25, 0.3) is 6.08 Å². The van der Waals surface area contributed by atoms with E-state index < -0.39 is 5.91 Å². The summed E-state index contributed by atoms with van der Waals surface area (Å²) in [6.45, 7) is 5.88. The molecule has 0 saturated heterocycles. The van der Waals surface area contributed by atoms with Gasteiger partial charge in [-0.3, -0.25) is 4.79 Å². The first kappa shape index (κ1) is 13.1. The normalized spacial score (nSPS) is 10.7. The molecule has 0 fully saturated rings. The van der Waals surface area contributed by atoms with Crippen molar-refractivity contribution in [1.29, 1.82) is 0 Å². The first-order valence-corrected chi connectivity index (χ1v) is 5.64. The summed E-state index contributed by atoms with van der Waals surface area (Å²) in [4.78, 5) is 12.7. The molecule has 92 valence electrons. The second-order valence-electron chi connectivity index (χ2n) is 3.65. The third kappa shape index (κ3) is 3.52. The minimum absolute atomic E-state index is 0.145. The van der Waals surface area contributed by atoms with E-state index in [0.29, 0.717) is 5.56 Å². The Morgan fingerprint density at radius 3 is 2.53 bits per heavy atom. The summed E-state index contributed by atoms with van der Waals surface area (Å²) in [5.41, 5.74) is 6.54. The van der Waals surface area contributed by atoms with Crippen LogP contribution in [0.2, 0.25) is 0 Å². The predicted molar refractivity (Wildman–Crippen MR) is 69.9 cm³/mol. The number of rotatable bonds is 5. The molecule has 1 amide bonds. The van der Waals surface area contributed by atoms with Crippen molar-refractivity contribution in [2.75, 3.05) is 18.0 Å². The lowest BCUT2D eigenvalue weighted by atomic mass is 10.1. The number of aromatic hydroxyl groups is 1. The highest BCUT2D eigenvalue weighted by Gasteiger charge is 2.05. The van der Waals surface area contributed by atoms with Crippen LogP contribution in [0.5, 0.6) is 5.75 Å². The fourth-order valence-corrected chi connectivity index (χ4v) is 1.63. The Kier molecular flexibility index (Phi) is 4.57. The molecule has 4 nitrogen and oxygen atoms in total. The number of phenolic OH excluding ortho intramolecular Hbond substituents is 1. The second-order valence-corrected chi connectivity index (χ2v) is 3.65. The quantitative estimate of drug-likeness (QED) is 0.762. The lowest BCUT2D eigenvalue weighted by molar-refractivity contribution is -0.113. The average Bonchev–Trinajstić information content (AvgIpc) is 2.29. The molecule has 0 heterocycles. The molecule has 1 rings (SSSR count). The van der Waals surface area contributed by atoms with Gasteiger partial charge in [0.25, 0.3) is 0 Å². The number of anilines is 1. The molecule has 0 aliphatic rings. The highest BCUT2D eigenvalue weighted by Crippen LogP contribution is 2.25. The van der Waals surface area contributed by atoms with E-state index >= 15 is 0 Å². The van der Waals surface area contributed by atoms with Gasteiger partial charge in [0.2, 0.25) is 5.91 Å². The summed E-state index contributed by atoms with van der Waals surface area (Å²) < 4.78 is 0. The van der Waals surface area contributed by atoms with Crippen molar-refractivity contribution >= 4 is 17.7 Å². The zero-order chi connectivity index (χ0) is 12.8. The van der Waals surface area contributed by atoms with Crippen molar-refractivity contribution in [2.45, 2.75) is 13.8 Å². The number of hydrogen-bond acceptors (Lipinski definition) is 3. The van der Waals surface area contributed by atoms with Gasteiger partial charge in [-0.2, -0.15) is 0 Å². The Labute approximate surface area is 101 Å². The van der Waals surface area contributed by atoms with Gasteiger partial charge in [0.15, 0.2) is 0 Å². The number of benzene rings is 1. The molecule has 0 atom stereocenters. The zero-order valence-electron chi connectivity index (χ0n) is 10.2. The Bertz CT molecular complexity index is 423. The fraction of sp³-hybridized carbons (Fsp3) is 0.308. The number of hydrogen-bond donors (Lipinski definition) is 2. The number of nitrogens with zero attached hydrogens (tertiary/aromatic N) is 1. The van der Waals surface area contributed by atoms with E-state index in [1.165, 1.54) is 12.2 Å². The third-order valence-electron chi connectivity index (χ3n) is 2.57. The molecule has 0 saturated carbocycles. The molecular weight excluding hydrogens is 216 g/mol. The molecule has 0 radical (unpaired) electrons. The van der Waals surface area contributed by atoms with Gasteiger partial charge >= 0.3 is 0 Å². The summed E-state index contributed by atoms with van der Waals surface area (Å²) in [6, 6.07) is 5.36. The van der Waals surface area contributed by atoms with Gasteiger partial charge in [-0.15, -0.1) is 0 Å². The van der Waals surface area contributed by atoms with Gasteiger partial charge < -0.3 is 15.7 Å². The minimum Gasteiger partial charge on any atom is -0.507 e. The van der Waals surface area contributed by atoms with Crippen LogP contribution in [0, 0.1) is 0 Å². The van der Waals surface area contributed by atoms with Crippen molar-refractivity contribution in [3.8, 4) is 5.75 Å². The number of primary amides is 1. The maximum Gasteiger partial charge on any atom is 0.241 e. The summed E-state index contributed by atoms with van der Waals surface area (Å²) in [7, 11) is 0. The zero-order valence-corrected chi connectivity index (χ0v) is 10.2. The molecular formula is C13H18N2O2. The van der Waals surface area contributed by atoms with Gasteiger partial charge in [0.1, 0.15) is 5.75 Å². The maximum atomic E-state index is 10.6. The van der Waals surface area contributed by atoms with E-state index in [1.54, 1.807) is 12.1 Å². The Hall–Kier alpha value is -1.97. The highest BCUT2D eigenvalue weighted by molar-refractivity contribution is 5.90. The lowest BCUT2D eigenvalue weighted by Crippen LogP contribution is -2.21. The molecule has 1 aromatic carbocycles. The summed E-state index contributed by atoms with van der Waals surface area (Å²) in [5, 5.41) is 9.81. The van der Waals surface area contributed by atoms with Gasteiger partial charge in [0, 0.05) is 36.5 Å². The number of carbonyl (C=O) groups excluding carboxylic acids is 1. The van der Waals surface area contributed by atoms with Crippen LogP contribution in [0.4, 0.5) is 5.69 Å². The predicted octanol–water partition coefficient (Wildman–Crippen LogP) is 1.74. The number of amides is 1. The van der Waals surface area contributed by atoms with Crippen LogP contribution in [0.15, 0.2) is 24.3 Å². The molecule has 0 aliphatic heterocycles. The molecule has 3 N–H and O–H groups in total. The molecule has 4 heteroatoms. The van der Waals surface area contributed by atoms with E-state index in [0.717, 1.165) is 18.8 Å². The average molecular weight is 234 g/mol. The minimum atomic E-state index is -0.530. The van der Waals surface area contributed by atoms with Crippen molar-refractivity contribution in [3.05, 3.63) is 29.8 Å². The van der Waals surface area contributed by atoms with E-state index in [-0.39, 0.29) is 5.75 Å². The van der Waals surface area contributed by atoms with Gasteiger partial charge in [0.05, 0.1) is 0 Å². The van der Waals surface area contributed by atoms with Crippen molar-refractivity contribution in [1.82, 2.24) is 0 Å². The Balaban J connectivity index is 2.97. The van der Waals surface area contributed by atoms with E-state index in [4.69, 9.17) is 5.73 Å². The highest BCUT2D eigenvalue weighted by atomic mass is 16.3. The summed E-state index contributed by atoms with van der Waals surface area (Å²) >= 11 is 0. The van der Waals surface area contributed by atoms with Gasteiger partial charge in [-0.05, 0) is 32.1 Å². The molecule has 0 spiro atoms. The van der Waals surface area contributed by atoms with Crippen molar-refractivity contribution in [2.24, 2.45) is 5.73 Å². The standard InChI is InChI=1S/C13H18N2O2/c1-3-15(4-2)11-7-5-10(12(16)9-11)6-8-13(14)17/h5-9,16H,3-4H2,1-2H3,(H2,14,17)/b8-6+. The second kappa shape index (κ2) is 5.94. The number of phenols is 1. The van der Waals surface area contributed by atoms with E-state index in [2.05, 4.69) is 18.7 Å². The first-order chi connectivity index (χ1) is 8.08. The summed E-state index contributed by atoms with van der Waals surface area (Å²) in [6.07, 6.45) is 2.73. The largest absolute Gasteiger partial charge is 0.507 e. The van der Waals surface area contributed by atoms with Crippen molar-refractivity contribution < 1.29 is 9.90 Å². The van der Waals surface area contributed by atoms with E-state index in [1.807, 2.05) is 6.07 Å². The van der Waals surface area contributed by atoms with Crippen LogP contribution >= 0.6 is 0 Å². The van der Waals surface area contributed by atoms with Crippen molar-refractivity contribution in [3.63, 3.8) is 0 Å². The van der Waals surface area contributed by atoms with Crippen LogP contribution in [0.1, 0.15) is 19.4 Å².